The number of hydrogen-bond acceptors (Lipinski definition) is 5. The molecule has 2 aromatic carbocycles. The molecule has 2 aromatic rings. The van der Waals surface area contributed by atoms with Crippen molar-refractivity contribution in [3.63, 3.8) is 0 Å². The van der Waals surface area contributed by atoms with Crippen LogP contribution in [0.15, 0.2) is 42.5 Å². The molecule has 2 heterocycles. The summed E-state index contributed by atoms with van der Waals surface area (Å²) >= 11 is 0. The van der Waals surface area contributed by atoms with Gasteiger partial charge in [0, 0.05) is 64.6 Å². The first-order chi connectivity index (χ1) is 15.8. The molecule has 0 atom stereocenters. The van der Waals surface area contributed by atoms with Crippen LogP contribution in [0.4, 0.5) is 24.5 Å². The van der Waals surface area contributed by atoms with Crippen molar-refractivity contribution in [2.24, 2.45) is 0 Å². The number of benzene rings is 2. The normalized spacial score (nSPS) is 18.6. The van der Waals surface area contributed by atoms with Crippen LogP contribution in [0.3, 0.4) is 0 Å². The second kappa shape index (κ2) is 10.2. The Balaban J connectivity index is 1.36. The number of alkyl halides is 3. The molecule has 0 spiro atoms. The highest BCUT2D eigenvalue weighted by Crippen LogP contribution is 2.34. The van der Waals surface area contributed by atoms with Crippen LogP contribution in [-0.4, -0.2) is 82.9 Å². The fourth-order valence-corrected chi connectivity index (χ4v) is 4.69. The summed E-state index contributed by atoms with van der Waals surface area (Å²) in [6.07, 6.45) is -3.89. The molecule has 0 aromatic heterocycles. The second-order valence-electron chi connectivity index (χ2n) is 8.88. The molecule has 0 aliphatic carbocycles. The van der Waals surface area contributed by atoms with E-state index in [0.29, 0.717) is 18.5 Å². The smallest absolute Gasteiger partial charge is 0.416 e. The summed E-state index contributed by atoms with van der Waals surface area (Å²) in [6.45, 7) is 8.04. The van der Waals surface area contributed by atoms with Crippen molar-refractivity contribution in [2.45, 2.75) is 12.6 Å². The monoisotopic (exact) mass is 462 g/mol. The Bertz CT molecular complexity index is 920. The van der Waals surface area contributed by atoms with Crippen molar-refractivity contribution in [1.82, 2.24) is 9.80 Å². The second-order valence-corrected chi connectivity index (χ2v) is 8.88. The van der Waals surface area contributed by atoms with E-state index in [1.165, 1.54) is 17.8 Å². The molecule has 180 valence electrons. The van der Waals surface area contributed by atoms with E-state index in [1.54, 1.807) is 19.2 Å². The van der Waals surface area contributed by atoms with Gasteiger partial charge in [0.05, 0.1) is 18.4 Å². The molecular weight excluding hydrogens is 429 g/mol. The average Bonchev–Trinajstić information content (AvgIpc) is 2.83. The first-order valence-electron chi connectivity index (χ1n) is 11.6. The maximum absolute atomic E-state index is 13.3. The van der Waals surface area contributed by atoms with Gasteiger partial charge in [0.2, 0.25) is 0 Å². The number of anilines is 2. The van der Waals surface area contributed by atoms with Crippen molar-refractivity contribution in [3.05, 3.63) is 53.6 Å². The zero-order chi connectivity index (χ0) is 23.4. The third kappa shape index (κ3) is 5.73. The van der Waals surface area contributed by atoms with Crippen LogP contribution >= 0.6 is 0 Å². The Morgan fingerprint density at radius 1 is 0.848 bits per heavy atom. The zero-order valence-corrected chi connectivity index (χ0v) is 19.4. The third-order valence-corrected chi connectivity index (χ3v) is 6.76. The lowest BCUT2D eigenvalue weighted by molar-refractivity contribution is -0.138. The molecule has 0 N–H and O–H groups in total. The van der Waals surface area contributed by atoms with Gasteiger partial charge in [0.15, 0.2) is 0 Å². The number of likely N-dealkylation sites (N-methyl/N-ethyl adjacent to an activating group) is 1. The van der Waals surface area contributed by atoms with Crippen molar-refractivity contribution in [1.29, 1.82) is 0 Å². The summed E-state index contributed by atoms with van der Waals surface area (Å²) in [7, 11) is 3.86. The Kier molecular flexibility index (Phi) is 7.34. The minimum atomic E-state index is -4.30. The van der Waals surface area contributed by atoms with Crippen molar-refractivity contribution in [3.8, 4) is 5.75 Å². The maximum atomic E-state index is 13.3. The molecule has 0 amide bonds. The summed E-state index contributed by atoms with van der Waals surface area (Å²) in [5.41, 5.74) is 2.17. The van der Waals surface area contributed by atoms with Gasteiger partial charge in [-0.3, -0.25) is 4.90 Å². The van der Waals surface area contributed by atoms with E-state index in [1.807, 2.05) is 6.07 Å². The molecule has 2 aliphatic heterocycles. The summed E-state index contributed by atoms with van der Waals surface area (Å²) in [5, 5.41) is 0. The van der Waals surface area contributed by atoms with E-state index >= 15 is 0 Å². The predicted molar refractivity (Wildman–Crippen MR) is 127 cm³/mol. The molecule has 0 saturated carbocycles. The standard InChI is InChI=1S/C25H33F3N4O/c1-29-11-15-32(16-12-29)23-19-21(7-8-24(23)33-2)31-17-13-30(14-18-31)10-9-20-5-3-4-6-22(20)25(26,27)28/h3-8,19H,9-18H2,1-2H3. The van der Waals surface area contributed by atoms with Gasteiger partial charge in [-0.05, 0) is 43.3 Å². The van der Waals surface area contributed by atoms with Crippen LogP contribution in [-0.2, 0) is 12.6 Å². The molecule has 33 heavy (non-hydrogen) atoms. The number of halogens is 3. The van der Waals surface area contributed by atoms with E-state index in [0.717, 1.165) is 63.8 Å². The van der Waals surface area contributed by atoms with Gasteiger partial charge in [-0.1, -0.05) is 18.2 Å². The molecular formula is C25H33F3N4O. The molecule has 0 unspecified atom stereocenters. The maximum Gasteiger partial charge on any atom is 0.416 e. The molecule has 0 radical (unpaired) electrons. The van der Waals surface area contributed by atoms with Crippen LogP contribution in [0.1, 0.15) is 11.1 Å². The van der Waals surface area contributed by atoms with Crippen molar-refractivity contribution < 1.29 is 17.9 Å². The average molecular weight is 463 g/mol. The number of methoxy groups -OCH3 is 1. The lowest BCUT2D eigenvalue weighted by Gasteiger charge is -2.38. The summed E-state index contributed by atoms with van der Waals surface area (Å²) < 4.78 is 45.4. The number of nitrogens with zero attached hydrogens (tertiary/aromatic N) is 4. The topological polar surface area (TPSA) is 22.2 Å². The highest BCUT2D eigenvalue weighted by molar-refractivity contribution is 5.67. The Hall–Kier alpha value is -2.45. The van der Waals surface area contributed by atoms with E-state index in [9.17, 15) is 13.2 Å². The van der Waals surface area contributed by atoms with E-state index in [4.69, 9.17) is 4.74 Å². The molecule has 4 rings (SSSR count). The van der Waals surface area contributed by atoms with Gasteiger partial charge < -0.3 is 19.4 Å². The number of ether oxygens (including phenoxy) is 1. The van der Waals surface area contributed by atoms with Gasteiger partial charge in [-0.25, -0.2) is 0 Å². The van der Waals surface area contributed by atoms with Crippen LogP contribution in [0.2, 0.25) is 0 Å². The Morgan fingerprint density at radius 3 is 2.18 bits per heavy atom. The highest BCUT2D eigenvalue weighted by Gasteiger charge is 2.33. The molecule has 0 bridgehead atoms. The SMILES string of the molecule is COc1ccc(N2CCN(CCc3ccccc3C(F)(F)F)CC2)cc1N1CCN(C)CC1. The number of piperazine rings is 2. The lowest BCUT2D eigenvalue weighted by atomic mass is 10.0. The van der Waals surface area contributed by atoms with Crippen LogP contribution in [0, 0.1) is 0 Å². The minimum Gasteiger partial charge on any atom is -0.495 e. The summed E-state index contributed by atoms with van der Waals surface area (Å²) in [6, 6.07) is 12.3. The van der Waals surface area contributed by atoms with E-state index < -0.39 is 11.7 Å². The summed E-state index contributed by atoms with van der Waals surface area (Å²) in [5.74, 6) is 0.894. The highest BCUT2D eigenvalue weighted by atomic mass is 19.4. The quantitative estimate of drug-likeness (QED) is 0.649. The molecule has 2 aliphatic rings. The van der Waals surface area contributed by atoms with Crippen LogP contribution < -0.4 is 14.5 Å². The van der Waals surface area contributed by atoms with Crippen molar-refractivity contribution >= 4 is 11.4 Å². The first kappa shape index (κ1) is 23.7. The Labute approximate surface area is 194 Å². The third-order valence-electron chi connectivity index (χ3n) is 6.76. The van der Waals surface area contributed by atoms with Gasteiger partial charge in [-0.15, -0.1) is 0 Å². The fourth-order valence-electron chi connectivity index (χ4n) is 4.69. The first-order valence-corrected chi connectivity index (χ1v) is 11.6. The minimum absolute atomic E-state index is 0.374. The van der Waals surface area contributed by atoms with Crippen LogP contribution in [0.25, 0.3) is 0 Å². The largest absolute Gasteiger partial charge is 0.495 e. The number of rotatable bonds is 6. The summed E-state index contributed by atoms with van der Waals surface area (Å²) in [4.78, 5) is 9.34. The number of hydrogen-bond donors (Lipinski definition) is 0. The molecule has 8 heteroatoms. The predicted octanol–water partition coefficient (Wildman–Crippen LogP) is 3.83. The van der Waals surface area contributed by atoms with E-state index in [2.05, 4.69) is 38.8 Å². The molecule has 5 nitrogen and oxygen atoms in total. The van der Waals surface area contributed by atoms with Crippen LogP contribution in [0.5, 0.6) is 5.75 Å². The molecule has 2 fully saturated rings. The van der Waals surface area contributed by atoms with Crippen molar-refractivity contribution in [2.75, 3.05) is 82.9 Å². The van der Waals surface area contributed by atoms with Gasteiger partial charge in [-0.2, -0.15) is 13.2 Å². The van der Waals surface area contributed by atoms with Gasteiger partial charge in [0.25, 0.3) is 0 Å². The zero-order valence-electron chi connectivity index (χ0n) is 19.4. The van der Waals surface area contributed by atoms with Gasteiger partial charge in [0.1, 0.15) is 5.75 Å². The van der Waals surface area contributed by atoms with Gasteiger partial charge >= 0.3 is 6.18 Å². The Morgan fingerprint density at radius 2 is 1.52 bits per heavy atom. The molecule has 2 saturated heterocycles. The van der Waals surface area contributed by atoms with E-state index in [-0.39, 0.29) is 0 Å². The lowest BCUT2D eigenvalue weighted by Crippen LogP contribution is -2.47. The fraction of sp³-hybridized carbons (Fsp3) is 0.520.